The second kappa shape index (κ2) is 8.54. The van der Waals surface area contributed by atoms with Crippen LogP contribution in [0, 0.1) is 0 Å². The number of benzene rings is 1. The van der Waals surface area contributed by atoms with E-state index in [1.165, 1.54) is 11.8 Å². The van der Waals surface area contributed by atoms with Crippen molar-refractivity contribution in [2.75, 3.05) is 18.9 Å². The van der Waals surface area contributed by atoms with E-state index in [4.69, 9.17) is 9.15 Å². The lowest BCUT2D eigenvalue weighted by Gasteiger charge is -2.13. The minimum Gasteiger partial charge on any atom is -0.463 e. The number of rotatable bonds is 8. The van der Waals surface area contributed by atoms with Crippen LogP contribution in [0.3, 0.4) is 0 Å². The monoisotopic (exact) mass is 426 g/mol. The average molecular weight is 426 g/mol. The van der Waals surface area contributed by atoms with Crippen molar-refractivity contribution in [2.45, 2.75) is 18.6 Å². The molecule has 1 aliphatic rings. The average Bonchev–Trinajstić information content (AvgIpc) is 3.47. The van der Waals surface area contributed by atoms with Gasteiger partial charge < -0.3 is 9.15 Å². The molecule has 3 aromatic rings. The Balaban J connectivity index is 1.29. The van der Waals surface area contributed by atoms with Crippen molar-refractivity contribution in [1.82, 2.24) is 19.7 Å². The zero-order chi connectivity index (χ0) is 21.1. The minimum absolute atomic E-state index is 0.0105. The normalized spacial score (nSPS) is 13.0. The van der Waals surface area contributed by atoms with Crippen molar-refractivity contribution in [2.24, 2.45) is 0 Å². The lowest BCUT2D eigenvalue weighted by Crippen LogP contribution is -2.33. The number of hydrogen-bond acceptors (Lipinski definition) is 8. The first-order chi connectivity index (χ1) is 14.6. The first-order valence-electron chi connectivity index (χ1n) is 9.31. The molecule has 9 nitrogen and oxygen atoms in total. The molecule has 1 aromatic carbocycles. The highest BCUT2D eigenvalue weighted by Crippen LogP contribution is 2.24. The molecular weight excluding hydrogens is 408 g/mol. The summed E-state index contributed by atoms with van der Waals surface area (Å²) in [5.74, 6) is -0.00568. The van der Waals surface area contributed by atoms with Crippen LogP contribution in [0.15, 0.2) is 52.2 Å². The van der Waals surface area contributed by atoms with Crippen molar-refractivity contribution in [3.8, 4) is 11.6 Å². The molecule has 3 heterocycles. The van der Waals surface area contributed by atoms with Crippen molar-refractivity contribution < 1.29 is 23.5 Å². The molecule has 0 saturated carbocycles. The van der Waals surface area contributed by atoms with Crippen LogP contribution >= 0.6 is 11.8 Å². The van der Waals surface area contributed by atoms with Crippen molar-refractivity contribution in [3.05, 3.63) is 53.8 Å². The van der Waals surface area contributed by atoms with E-state index in [9.17, 15) is 14.4 Å². The van der Waals surface area contributed by atoms with E-state index in [-0.39, 0.29) is 30.7 Å². The van der Waals surface area contributed by atoms with E-state index in [2.05, 4.69) is 10.2 Å². The first kappa shape index (κ1) is 19.9. The summed E-state index contributed by atoms with van der Waals surface area (Å²) in [4.78, 5) is 37.8. The Morgan fingerprint density at radius 3 is 2.47 bits per heavy atom. The number of thioether (sulfide) groups is 1. The third-order valence-corrected chi connectivity index (χ3v) is 5.49. The molecule has 0 N–H and O–H groups in total. The van der Waals surface area contributed by atoms with E-state index in [1.807, 2.05) is 11.5 Å². The number of aromatic nitrogens is 3. The second-order valence-corrected chi connectivity index (χ2v) is 7.29. The van der Waals surface area contributed by atoms with Crippen molar-refractivity contribution >= 4 is 29.5 Å². The Morgan fingerprint density at radius 2 is 1.83 bits per heavy atom. The number of fused-ring (bicyclic) bond motifs is 1. The summed E-state index contributed by atoms with van der Waals surface area (Å²) in [5, 5.41) is 8.81. The van der Waals surface area contributed by atoms with Gasteiger partial charge in [-0.25, -0.2) is 0 Å². The van der Waals surface area contributed by atoms with Crippen LogP contribution in [0.4, 0.5) is 0 Å². The molecule has 154 valence electrons. The lowest BCUT2D eigenvalue weighted by molar-refractivity contribution is -0.140. The smallest absolute Gasteiger partial charge is 0.316 e. The lowest BCUT2D eigenvalue weighted by atomic mass is 10.1. The zero-order valence-corrected chi connectivity index (χ0v) is 16.9. The van der Waals surface area contributed by atoms with Gasteiger partial charge in [0, 0.05) is 6.54 Å². The van der Waals surface area contributed by atoms with Gasteiger partial charge in [-0.3, -0.25) is 23.9 Å². The van der Waals surface area contributed by atoms with Gasteiger partial charge in [-0.05, 0) is 31.2 Å². The Bertz CT molecular complexity index is 1060. The molecule has 1 aliphatic heterocycles. The van der Waals surface area contributed by atoms with Gasteiger partial charge in [-0.15, -0.1) is 10.2 Å². The highest BCUT2D eigenvalue weighted by atomic mass is 32.2. The fourth-order valence-corrected chi connectivity index (χ4v) is 3.93. The van der Waals surface area contributed by atoms with E-state index in [0.717, 1.165) is 4.90 Å². The van der Waals surface area contributed by atoms with Gasteiger partial charge in [0.05, 0.1) is 29.7 Å². The number of nitrogens with zero attached hydrogens (tertiary/aromatic N) is 4. The maximum Gasteiger partial charge on any atom is 0.316 e. The molecule has 0 aliphatic carbocycles. The van der Waals surface area contributed by atoms with Gasteiger partial charge in [0.2, 0.25) is 0 Å². The molecule has 0 spiro atoms. The molecule has 2 aromatic heterocycles. The molecule has 4 rings (SSSR count). The van der Waals surface area contributed by atoms with Crippen LogP contribution in [-0.2, 0) is 16.1 Å². The van der Waals surface area contributed by atoms with E-state index in [1.54, 1.807) is 42.7 Å². The Labute approximate surface area is 176 Å². The van der Waals surface area contributed by atoms with Gasteiger partial charge in [-0.1, -0.05) is 23.9 Å². The predicted molar refractivity (Wildman–Crippen MR) is 107 cm³/mol. The second-order valence-electron chi connectivity index (χ2n) is 6.34. The first-order valence-corrected chi connectivity index (χ1v) is 10.3. The van der Waals surface area contributed by atoms with Crippen molar-refractivity contribution in [3.63, 3.8) is 0 Å². The number of carbonyl (C=O) groups excluding carboxylic acids is 3. The number of ether oxygens (including phenoxy) is 1. The quantitative estimate of drug-likeness (QED) is 0.307. The molecule has 0 radical (unpaired) electrons. The number of esters is 1. The van der Waals surface area contributed by atoms with Gasteiger partial charge >= 0.3 is 5.97 Å². The summed E-state index contributed by atoms with van der Waals surface area (Å²) >= 11 is 1.20. The summed E-state index contributed by atoms with van der Waals surface area (Å²) in [6, 6.07) is 10.2. The molecule has 10 heteroatoms. The highest BCUT2D eigenvalue weighted by Gasteiger charge is 2.34. The van der Waals surface area contributed by atoms with Crippen LogP contribution in [0.2, 0.25) is 0 Å². The molecule has 2 amide bonds. The van der Waals surface area contributed by atoms with Gasteiger partial charge in [0.1, 0.15) is 6.61 Å². The number of furan rings is 1. The molecule has 0 bridgehead atoms. The largest absolute Gasteiger partial charge is 0.463 e. The molecule has 0 unspecified atom stereocenters. The molecule has 0 atom stereocenters. The van der Waals surface area contributed by atoms with E-state index in [0.29, 0.717) is 34.4 Å². The highest BCUT2D eigenvalue weighted by molar-refractivity contribution is 7.99. The van der Waals surface area contributed by atoms with Crippen LogP contribution < -0.4 is 0 Å². The van der Waals surface area contributed by atoms with Gasteiger partial charge in [0.25, 0.3) is 11.8 Å². The maximum absolute atomic E-state index is 12.3. The van der Waals surface area contributed by atoms with E-state index < -0.39 is 5.97 Å². The number of carbonyl (C=O) groups is 3. The summed E-state index contributed by atoms with van der Waals surface area (Å²) in [5.41, 5.74) is 0.742. The number of imide groups is 1. The standard InChI is InChI=1S/C20H18N4O5S/c1-2-23-17(15-8-5-10-28-15)21-22-20(23)30-12-16(25)29-11-9-24-18(26)13-6-3-4-7-14(13)19(24)27/h3-8,10H,2,9,11-12H2,1H3. The Kier molecular flexibility index (Phi) is 5.66. The van der Waals surface area contributed by atoms with Crippen LogP contribution in [0.25, 0.3) is 11.6 Å². The summed E-state index contributed by atoms with van der Waals surface area (Å²) in [6.07, 6.45) is 1.56. The van der Waals surface area contributed by atoms with Crippen LogP contribution in [0.5, 0.6) is 0 Å². The topological polar surface area (TPSA) is 108 Å². The van der Waals surface area contributed by atoms with Crippen LogP contribution in [0.1, 0.15) is 27.6 Å². The predicted octanol–water partition coefficient (Wildman–Crippen LogP) is 2.49. The molecule has 30 heavy (non-hydrogen) atoms. The maximum atomic E-state index is 12.3. The minimum atomic E-state index is -0.471. The third kappa shape index (κ3) is 3.73. The number of hydrogen-bond donors (Lipinski definition) is 0. The van der Waals surface area contributed by atoms with Crippen molar-refractivity contribution in [1.29, 1.82) is 0 Å². The Morgan fingerprint density at radius 1 is 1.10 bits per heavy atom. The fraction of sp³-hybridized carbons (Fsp3) is 0.250. The van der Waals surface area contributed by atoms with E-state index >= 15 is 0 Å². The van der Waals surface area contributed by atoms with Gasteiger partial charge in [-0.2, -0.15) is 0 Å². The molecular formula is C20H18N4O5S. The fourth-order valence-electron chi connectivity index (χ4n) is 3.13. The zero-order valence-electron chi connectivity index (χ0n) is 16.1. The summed E-state index contributed by atoms with van der Waals surface area (Å²) in [6.45, 7) is 2.50. The number of amides is 2. The third-order valence-electron chi connectivity index (χ3n) is 4.55. The summed E-state index contributed by atoms with van der Waals surface area (Å²) in [7, 11) is 0. The molecule has 0 fully saturated rings. The Hall–Kier alpha value is -3.40. The summed E-state index contributed by atoms with van der Waals surface area (Å²) < 4.78 is 12.4. The van der Waals surface area contributed by atoms with Crippen LogP contribution in [-0.4, -0.2) is 56.4 Å². The van der Waals surface area contributed by atoms with Gasteiger partial charge in [0.15, 0.2) is 16.7 Å². The SMILES string of the molecule is CCn1c(SCC(=O)OCCN2C(=O)c3ccccc3C2=O)nnc1-c1ccco1. The molecule has 0 saturated heterocycles.